The predicted octanol–water partition coefficient (Wildman–Crippen LogP) is 2.07. The number of aromatic carboxylic acids is 1. The summed E-state index contributed by atoms with van der Waals surface area (Å²) in [4.78, 5) is 14.1. The molecular formula is C11H12N2O2. The molecule has 0 saturated heterocycles. The SMILES string of the molecule is Cc1[nH]c2c(C(=O)O)cc(N)cc2c1C. The number of anilines is 1. The largest absolute Gasteiger partial charge is 0.478 e. The fraction of sp³-hybridized carbons (Fsp3) is 0.182. The molecule has 0 fully saturated rings. The molecule has 1 aromatic carbocycles. The number of rotatable bonds is 1. The third-order valence-electron chi connectivity index (χ3n) is 2.67. The van der Waals surface area contributed by atoms with Gasteiger partial charge in [-0.1, -0.05) is 0 Å². The second-order valence-electron chi connectivity index (χ2n) is 3.67. The summed E-state index contributed by atoms with van der Waals surface area (Å²) in [7, 11) is 0. The van der Waals surface area contributed by atoms with Crippen molar-refractivity contribution >= 4 is 22.6 Å². The number of aryl methyl sites for hydroxylation is 2. The number of H-pyrrole nitrogens is 1. The first kappa shape index (κ1) is 9.58. The maximum Gasteiger partial charge on any atom is 0.337 e. The van der Waals surface area contributed by atoms with Crippen LogP contribution in [0.5, 0.6) is 0 Å². The fourth-order valence-electron chi connectivity index (χ4n) is 1.75. The van der Waals surface area contributed by atoms with Crippen molar-refractivity contribution < 1.29 is 9.90 Å². The van der Waals surface area contributed by atoms with Gasteiger partial charge in [-0.3, -0.25) is 0 Å². The Hall–Kier alpha value is -1.97. The van der Waals surface area contributed by atoms with Crippen molar-refractivity contribution in [2.75, 3.05) is 5.73 Å². The molecule has 0 radical (unpaired) electrons. The van der Waals surface area contributed by atoms with Gasteiger partial charge in [-0.05, 0) is 31.5 Å². The molecule has 15 heavy (non-hydrogen) atoms. The van der Waals surface area contributed by atoms with Crippen molar-refractivity contribution in [3.8, 4) is 0 Å². The predicted molar refractivity (Wildman–Crippen MR) is 59.1 cm³/mol. The van der Waals surface area contributed by atoms with Crippen molar-refractivity contribution in [1.29, 1.82) is 0 Å². The van der Waals surface area contributed by atoms with E-state index in [0.717, 1.165) is 16.6 Å². The van der Waals surface area contributed by atoms with E-state index in [1.807, 2.05) is 13.8 Å². The Bertz CT molecular complexity index is 555. The van der Waals surface area contributed by atoms with E-state index >= 15 is 0 Å². The highest BCUT2D eigenvalue weighted by Gasteiger charge is 2.13. The van der Waals surface area contributed by atoms with Crippen LogP contribution in [0.1, 0.15) is 21.6 Å². The van der Waals surface area contributed by atoms with Gasteiger partial charge in [0.1, 0.15) is 0 Å². The highest BCUT2D eigenvalue weighted by Crippen LogP contribution is 2.26. The Balaban J connectivity index is 2.92. The van der Waals surface area contributed by atoms with Crippen molar-refractivity contribution in [1.82, 2.24) is 4.98 Å². The molecule has 0 saturated carbocycles. The number of nitrogens with two attached hydrogens (primary N) is 1. The van der Waals surface area contributed by atoms with Gasteiger partial charge in [-0.2, -0.15) is 0 Å². The minimum Gasteiger partial charge on any atom is -0.478 e. The zero-order valence-electron chi connectivity index (χ0n) is 8.59. The number of aromatic amines is 1. The lowest BCUT2D eigenvalue weighted by molar-refractivity contribution is 0.0699. The first-order valence-corrected chi connectivity index (χ1v) is 4.62. The lowest BCUT2D eigenvalue weighted by atomic mass is 10.1. The molecule has 1 heterocycles. The van der Waals surface area contributed by atoms with Crippen molar-refractivity contribution in [3.63, 3.8) is 0 Å². The molecule has 0 atom stereocenters. The smallest absolute Gasteiger partial charge is 0.337 e. The van der Waals surface area contributed by atoms with Gasteiger partial charge in [-0.15, -0.1) is 0 Å². The Kier molecular flexibility index (Phi) is 1.93. The molecule has 4 heteroatoms. The van der Waals surface area contributed by atoms with Crippen LogP contribution < -0.4 is 5.73 Å². The van der Waals surface area contributed by atoms with Crippen LogP contribution in [0.3, 0.4) is 0 Å². The summed E-state index contributed by atoms with van der Waals surface area (Å²) in [6.45, 7) is 3.86. The molecule has 0 aliphatic rings. The van der Waals surface area contributed by atoms with Crippen molar-refractivity contribution in [2.24, 2.45) is 0 Å². The van der Waals surface area contributed by atoms with Crippen LogP contribution in [0, 0.1) is 13.8 Å². The monoisotopic (exact) mass is 204 g/mol. The number of nitrogens with one attached hydrogen (secondary N) is 1. The van der Waals surface area contributed by atoms with Gasteiger partial charge in [0.25, 0.3) is 0 Å². The average molecular weight is 204 g/mol. The zero-order valence-corrected chi connectivity index (χ0v) is 8.59. The number of hydrogen-bond acceptors (Lipinski definition) is 2. The Morgan fingerprint density at radius 2 is 2.07 bits per heavy atom. The van der Waals surface area contributed by atoms with Gasteiger partial charge in [0, 0.05) is 16.8 Å². The van der Waals surface area contributed by atoms with Crippen LogP contribution >= 0.6 is 0 Å². The first-order valence-electron chi connectivity index (χ1n) is 4.62. The highest BCUT2D eigenvalue weighted by atomic mass is 16.4. The number of aromatic nitrogens is 1. The number of fused-ring (bicyclic) bond motifs is 1. The zero-order chi connectivity index (χ0) is 11.2. The molecule has 0 unspecified atom stereocenters. The van der Waals surface area contributed by atoms with Crippen LogP contribution in [0.2, 0.25) is 0 Å². The number of benzene rings is 1. The Labute approximate surface area is 86.7 Å². The molecule has 0 amide bonds. The molecular weight excluding hydrogens is 192 g/mol. The molecule has 2 rings (SSSR count). The second kappa shape index (κ2) is 3.02. The standard InChI is InChI=1S/C11H12N2O2/c1-5-6(2)13-10-8(5)3-7(12)4-9(10)11(14)15/h3-4,13H,12H2,1-2H3,(H,14,15). The maximum absolute atomic E-state index is 11.0. The third-order valence-corrected chi connectivity index (χ3v) is 2.67. The van der Waals surface area contributed by atoms with E-state index in [0.29, 0.717) is 11.2 Å². The van der Waals surface area contributed by atoms with Gasteiger partial charge in [0.2, 0.25) is 0 Å². The minimum atomic E-state index is -0.964. The molecule has 78 valence electrons. The van der Waals surface area contributed by atoms with E-state index in [1.54, 1.807) is 6.07 Å². The molecule has 4 nitrogen and oxygen atoms in total. The summed E-state index contributed by atoms with van der Waals surface area (Å²) >= 11 is 0. The Morgan fingerprint density at radius 1 is 1.40 bits per heavy atom. The van der Waals surface area contributed by atoms with E-state index in [2.05, 4.69) is 4.98 Å². The number of carboxylic acids is 1. The number of carboxylic acid groups (broad SMARTS) is 1. The molecule has 4 N–H and O–H groups in total. The van der Waals surface area contributed by atoms with Gasteiger partial charge in [-0.25, -0.2) is 4.79 Å². The first-order chi connectivity index (χ1) is 7.00. The summed E-state index contributed by atoms with van der Waals surface area (Å²) in [5.74, 6) is -0.964. The highest BCUT2D eigenvalue weighted by molar-refractivity contribution is 6.05. The van der Waals surface area contributed by atoms with Crippen LogP contribution in [0.25, 0.3) is 10.9 Å². The van der Waals surface area contributed by atoms with E-state index < -0.39 is 5.97 Å². The topological polar surface area (TPSA) is 79.1 Å². The number of hydrogen-bond donors (Lipinski definition) is 3. The number of nitrogen functional groups attached to an aromatic ring is 1. The van der Waals surface area contributed by atoms with E-state index in [-0.39, 0.29) is 5.56 Å². The van der Waals surface area contributed by atoms with Gasteiger partial charge >= 0.3 is 5.97 Å². The van der Waals surface area contributed by atoms with Crippen LogP contribution in [0.15, 0.2) is 12.1 Å². The Morgan fingerprint density at radius 3 is 2.67 bits per heavy atom. The average Bonchev–Trinajstić information content (AvgIpc) is 2.43. The molecule has 0 bridgehead atoms. The second-order valence-corrected chi connectivity index (χ2v) is 3.67. The van der Waals surface area contributed by atoms with Crippen molar-refractivity contribution in [3.05, 3.63) is 29.0 Å². The van der Waals surface area contributed by atoms with E-state index in [1.165, 1.54) is 6.07 Å². The quantitative estimate of drug-likeness (QED) is 0.622. The lowest BCUT2D eigenvalue weighted by Crippen LogP contribution is -1.99. The molecule has 0 spiro atoms. The number of carbonyl (C=O) groups is 1. The van der Waals surface area contributed by atoms with Gasteiger partial charge in [0.15, 0.2) is 0 Å². The van der Waals surface area contributed by atoms with Crippen LogP contribution in [-0.4, -0.2) is 16.1 Å². The fourth-order valence-corrected chi connectivity index (χ4v) is 1.75. The molecule has 2 aromatic rings. The molecule has 0 aliphatic heterocycles. The lowest BCUT2D eigenvalue weighted by Gasteiger charge is -2.00. The summed E-state index contributed by atoms with van der Waals surface area (Å²) in [6, 6.07) is 3.26. The maximum atomic E-state index is 11.0. The summed E-state index contributed by atoms with van der Waals surface area (Å²) in [5.41, 5.74) is 9.02. The molecule has 0 aliphatic carbocycles. The van der Waals surface area contributed by atoms with E-state index in [9.17, 15) is 4.79 Å². The summed E-state index contributed by atoms with van der Waals surface area (Å²) in [6.07, 6.45) is 0. The van der Waals surface area contributed by atoms with Crippen LogP contribution in [-0.2, 0) is 0 Å². The van der Waals surface area contributed by atoms with Gasteiger partial charge < -0.3 is 15.8 Å². The van der Waals surface area contributed by atoms with Crippen molar-refractivity contribution in [2.45, 2.75) is 13.8 Å². The molecule has 1 aromatic heterocycles. The van der Waals surface area contributed by atoms with Crippen LogP contribution in [0.4, 0.5) is 5.69 Å². The van der Waals surface area contributed by atoms with Gasteiger partial charge in [0.05, 0.1) is 11.1 Å². The summed E-state index contributed by atoms with van der Waals surface area (Å²) < 4.78 is 0. The summed E-state index contributed by atoms with van der Waals surface area (Å²) in [5, 5.41) is 9.91. The third kappa shape index (κ3) is 1.34. The normalized spacial score (nSPS) is 10.8. The minimum absolute atomic E-state index is 0.223. The van der Waals surface area contributed by atoms with E-state index in [4.69, 9.17) is 10.8 Å².